The predicted molar refractivity (Wildman–Crippen MR) is 148 cm³/mol. The number of carboxylic acid groups (broad SMARTS) is 4. The Morgan fingerprint density at radius 2 is 1.31 bits per heavy atom. The number of rotatable bonds is 23. The molecule has 238 valence electrons. The maximum Gasteiger partial charge on any atom is 0.327 e. The molecular formula is C23H36N4O13S2. The Labute approximate surface area is 248 Å². The summed E-state index contributed by atoms with van der Waals surface area (Å²) in [6.45, 7) is 1.46. The van der Waals surface area contributed by atoms with E-state index in [0.717, 1.165) is 0 Å². The van der Waals surface area contributed by atoms with Gasteiger partial charge in [0.15, 0.2) is 0 Å². The smallest absolute Gasteiger partial charge is 0.327 e. The minimum absolute atomic E-state index is 0.148. The van der Waals surface area contributed by atoms with Gasteiger partial charge in [-0.1, -0.05) is 28.5 Å². The van der Waals surface area contributed by atoms with Crippen molar-refractivity contribution in [2.75, 3.05) is 24.7 Å². The van der Waals surface area contributed by atoms with Crippen molar-refractivity contribution in [3.05, 3.63) is 0 Å². The molecule has 0 aromatic heterocycles. The summed E-state index contributed by atoms with van der Waals surface area (Å²) in [4.78, 5) is 94.8. The number of hydrogen-bond donors (Lipinski definition) is 8. The van der Waals surface area contributed by atoms with Crippen molar-refractivity contribution in [2.45, 2.75) is 63.6 Å². The minimum atomic E-state index is -1.88. The monoisotopic (exact) mass is 640 g/mol. The number of hydrogen-bond acceptors (Lipinski definition) is 12. The fourth-order valence-electron chi connectivity index (χ4n) is 3.24. The summed E-state index contributed by atoms with van der Waals surface area (Å²) in [7, 11) is 2.58. The van der Waals surface area contributed by atoms with Crippen molar-refractivity contribution < 1.29 is 63.5 Å². The van der Waals surface area contributed by atoms with Crippen LogP contribution in [-0.4, -0.2) is 111 Å². The lowest BCUT2D eigenvalue weighted by molar-refractivity contribution is -0.146. The fourth-order valence-corrected chi connectivity index (χ4v) is 5.06. The van der Waals surface area contributed by atoms with Gasteiger partial charge in [-0.15, -0.1) is 0 Å². The Morgan fingerprint density at radius 3 is 1.83 bits per heavy atom. The Balaban J connectivity index is 5.44. The molecule has 4 atom stereocenters. The third kappa shape index (κ3) is 17.3. The third-order valence-corrected chi connectivity index (χ3v) is 7.57. The summed E-state index contributed by atoms with van der Waals surface area (Å²) in [5, 5.41) is 43.2. The Bertz CT molecular complexity index is 982. The Kier molecular flexibility index (Phi) is 19.4. The molecule has 3 amide bonds. The van der Waals surface area contributed by atoms with Crippen LogP contribution in [0.4, 0.5) is 0 Å². The molecule has 17 nitrogen and oxygen atoms in total. The van der Waals surface area contributed by atoms with E-state index in [4.69, 9.17) is 20.7 Å². The van der Waals surface area contributed by atoms with Crippen molar-refractivity contribution in [3.63, 3.8) is 0 Å². The number of aliphatic carboxylic acids is 4. The van der Waals surface area contributed by atoms with Gasteiger partial charge >= 0.3 is 29.8 Å². The molecule has 0 unspecified atom stereocenters. The van der Waals surface area contributed by atoms with Gasteiger partial charge < -0.3 is 46.8 Å². The van der Waals surface area contributed by atoms with Crippen LogP contribution in [0, 0.1) is 5.92 Å². The summed E-state index contributed by atoms with van der Waals surface area (Å²) in [5.74, 6) is -10.7. The van der Waals surface area contributed by atoms with Gasteiger partial charge in [0, 0.05) is 30.9 Å². The first kappa shape index (κ1) is 38.4. The molecule has 42 heavy (non-hydrogen) atoms. The third-order valence-electron chi connectivity index (χ3n) is 5.20. The van der Waals surface area contributed by atoms with E-state index in [1.807, 2.05) is 17.6 Å². The summed E-state index contributed by atoms with van der Waals surface area (Å²) >= 11 is 0. The molecule has 0 aliphatic carbocycles. The van der Waals surface area contributed by atoms with E-state index < -0.39 is 91.4 Å². The van der Waals surface area contributed by atoms with Gasteiger partial charge in [-0.3, -0.25) is 33.6 Å². The number of nitrogens with one attached hydrogen (secondary N) is 3. The Morgan fingerprint density at radius 1 is 0.738 bits per heavy atom. The molecule has 0 heterocycles. The molecule has 0 saturated carbocycles. The van der Waals surface area contributed by atoms with Crippen LogP contribution in [0.5, 0.6) is 0 Å². The first-order valence-corrected chi connectivity index (χ1v) is 15.1. The summed E-state index contributed by atoms with van der Waals surface area (Å²) in [5.41, 5.74) is 5.27. The number of esters is 1. The normalized spacial score (nSPS) is 13.5. The lowest BCUT2D eigenvalue weighted by Gasteiger charge is -2.27. The molecular weight excluding hydrogens is 604 g/mol. The van der Waals surface area contributed by atoms with Gasteiger partial charge in [0.1, 0.15) is 18.7 Å². The molecule has 0 fully saturated rings. The standard InChI is InChI=1S/C23H36N4O13S2/c1-2-3-20(35)40-5-7-42-41-6-4-16(28)25-13(9-18(31)32)12(8-17(29)30)21(36)26-14(10-19(33)34)22(37)27-15(11-24)23(38)39/h12-15H,2-11,24H2,1H3,(H,25,28)(H,26,36)(H,27,37)(H,29,30)(H,31,32)(H,33,34)(H,38,39)/t12-,13+,14+,15+/m1/s1. The molecule has 9 N–H and O–H groups in total. The number of ether oxygens (including phenoxy) is 1. The van der Waals surface area contributed by atoms with Gasteiger partial charge in [0.25, 0.3) is 0 Å². The second kappa shape index (κ2) is 21.2. The summed E-state index contributed by atoms with van der Waals surface area (Å²) < 4.78 is 5.00. The molecule has 0 bridgehead atoms. The zero-order chi connectivity index (χ0) is 32.2. The highest BCUT2D eigenvalue weighted by atomic mass is 33.1. The van der Waals surface area contributed by atoms with Gasteiger partial charge in [-0.2, -0.15) is 0 Å². The second-order valence-corrected chi connectivity index (χ2v) is 11.3. The van der Waals surface area contributed by atoms with Crippen LogP contribution in [0.15, 0.2) is 0 Å². The van der Waals surface area contributed by atoms with E-state index >= 15 is 0 Å². The molecule has 0 aliphatic heterocycles. The lowest BCUT2D eigenvalue weighted by atomic mass is 9.91. The maximum atomic E-state index is 13.0. The van der Waals surface area contributed by atoms with Crippen LogP contribution >= 0.6 is 21.6 Å². The topological polar surface area (TPSA) is 289 Å². The number of amides is 3. The average Bonchev–Trinajstić information content (AvgIpc) is 2.88. The molecule has 19 heteroatoms. The van der Waals surface area contributed by atoms with Crippen LogP contribution in [0.25, 0.3) is 0 Å². The van der Waals surface area contributed by atoms with Crippen LogP contribution in [0.1, 0.15) is 45.4 Å². The van der Waals surface area contributed by atoms with Crippen molar-refractivity contribution in [1.82, 2.24) is 16.0 Å². The summed E-state index contributed by atoms with van der Waals surface area (Å²) in [6.07, 6.45) is -2.09. The molecule has 0 radical (unpaired) electrons. The highest BCUT2D eigenvalue weighted by molar-refractivity contribution is 8.76. The highest BCUT2D eigenvalue weighted by Gasteiger charge is 2.36. The minimum Gasteiger partial charge on any atom is -0.481 e. The molecule has 0 aromatic carbocycles. The quantitative estimate of drug-likeness (QED) is 0.0363. The molecule has 0 aliphatic rings. The SMILES string of the molecule is CCCC(=O)OCCSSCCC(=O)N[C@@H](CC(=O)O)[C@@H](CC(=O)O)C(=O)N[C@@H](CC(=O)O)C(=O)N[C@@H](CN)C(=O)O. The number of carbonyl (C=O) groups is 8. The van der Waals surface area contributed by atoms with Gasteiger partial charge in [-0.25, -0.2) is 4.79 Å². The van der Waals surface area contributed by atoms with E-state index in [-0.39, 0.29) is 24.7 Å². The van der Waals surface area contributed by atoms with Crippen LogP contribution in [0.3, 0.4) is 0 Å². The van der Waals surface area contributed by atoms with Crippen molar-refractivity contribution in [2.24, 2.45) is 11.7 Å². The second-order valence-electron chi connectivity index (χ2n) is 8.63. The van der Waals surface area contributed by atoms with Gasteiger partial charge in [0.05, 0.1) is 31.2 Å². The van der Waals surface area contributed by atoms with Gasteiger partial charge in [0.2, 0.25) is 17.7 Å². The Hall–Kier alpha value is -3.58. The van der Waals surface area contributed by atoms with E-state index in [9.17, 15) is 48.6 Å². The van der Waals surface area contributed by atoms with E-state index in [1.54, 1.807) is 0 Å². The summed E-state index contributed by atoms with van der Waals surface area (Å²) in [6, 6.07) is -5.06. The zero-order valence-electron chi connectivity index (χ0n) is 22.7. The van der Waals surface area contributed by atoms with Crippen LogP contribution in [-0.2, 0) is 43.1 Å². The average molecular weight is 641 g/mol. The van der Waals surface area contributed by atoms with Crippen LogP contribution < -0.4 is 21.7 Å². The van der Waals surface area contributed by atoms with Crippen molar-refractivity contribution >= 4 is 69.2 Å². The molecule has 0 spiro atoms. The largest absolute Gasteiger partial charge is 0.481 e. The first-order valence-electron chi connectivity index (χ1n) is 12.6. The van der Waals surface area contributed by atoms with E-state index in [2.05, 4.69) is 5.32 Å². The molecule has 0 saturated heterocycles. The fraction of sp³-hybridized carbons (Fsp3) is 0.652. The first-order chi connectivity index (χ1) is 19.7. The highest BCUT2D eigenvalue weighted by Crippen LogP contribution is 2.22. The zero-order valence-corrected chi connectivity index (χ0v) is 24.4. The van der Waals surface area contributed by atoms with Crippen LogP contribution in [0.2, 0.25) is 0 Å². The van der Waals surface area contributed by atoms with E-state index in [0.29, 0.717) is 18.6 Å². The number of carboxylic acids is 4. The molecule has 0 aromatic rings. The lowest BCUT2D eigenvalue weighted by Crippen LogP contribution is -2.57. The van der Waals surface area contributed by atoms with E-state index in [1.165, 1.54) is 21.6 Å². The van der Waals surface area contributed by atoms with Crippen molar-refractivity contribution in [3.8, 4) is 0 Å². The number of nitrogens with two attached hydrogens (primary N) is 1. The molecule has 0 rings (SSSR count). The van der Waals surface area contributed by atoms with Gasteiger partial charge in [-0.05, 0) is 6.42 Å². The predicted octanol–water partition coefficient (Wildman–Crippen LogP) is -1.36. The maximum absolute atomic E-state index is 13.0. The number of carbonyl (C=O) groups excluding carboxylic acids is 4. The van der Waals surface area contributed by atoms with Crippen molar-refractivity contribution in [1.29, 1.82) is 0 Å².